The lowest BCUT2D eigenvalue weighted by Crippen LogP contribution is -2.19. The lowest BCUT2D eigenvalue weighted by Gasteiger charge is -2.09. The summed E-state index contributed by atoms with van der Waals surface area (Å²) in [6, 6.07) is 26.2. The van der Waals surface area contributed by atoms with Crippen molar-refractivity contribution in [2.24, 2.45) is 0 Å². The zero-order valence-electron chi connectivity index (χ0n) is 22.2. The van der Waals surface area contributed by atoms with Crippen molar-refractivity contribution in [2.75, 3.05) is 10.6 Å². The van der Waals surface area contributed by atoms with Crippen LogP contribution in [0.1, 0.15) is 11.5 Å². The van der Waals surface area contributed by atoms with E-state index in [1.807, 2.05) is 37.3 Å². The van der Waals surface area contributed by atoms with Crippen molar-refractivity contribution >= 4 is 38.5 Å². The summed E-state index contributed by atoms with van der Waals surface area (Å²) in [7, 11) is -3.86. The fraction of sp³-hybridized carbons (Fsp3) is 0.0645. The van der Waals surface area contributed by atoms with E-state index in [0.29, 0.717) is 39.7 Å². The highest BCUT2D eigenvalue weighted by Crippen LogP contribution is 2.37. The Morgan fingerprint density at radius 3 is 2.22 bits per heavy atom. The number of aryl methyl sites for hydroxylation is 2. The van der Waals surface area contributed by atoms with Crippen LogP contribution in [0, 0.1) is 13.8 Å². The SMILES string of the molecule is Cc1ccc(S(=O)(=O)n2ccc3c(-c4oc(C)nc4-c4ccc(NC(=O)Nc5ccccc5)cc4)ccnc32)cc1. The number of oxazole rings is 1. The van der Waals surface area contributed by atoms with Gasteiger partial charge in [-0.3, -0.25) is 0 Å². The number of carbonyl (C=O) groups excluding carboxylic acids is 1. The smallest absolute Gasteiger partial charge is 0.323 e. The van der Waals surface area contributed by atoms with Crippen LogP contribution >= 0.6 is 0 Å². The summed E-state index contributed by atoms with van der Waals surface area (Å²) in [6.45, 7) is 3.65. The summed E-state index contributed by atoms with van der Waals surface area (Å²) in [4.78, 5) is 21.6. The zero-order chi connectivity index (χ0) is 28.6. The third-order valence-corrected chi connectivity index (χ3v) is 8.24. The molecule has 0 radical (unpaired) electrons. The maximum Gasteiger partial charge on any atom is 0.323 e. The molecule has 3 aromatic carbocycles. The summed E-state index contributed by atoms with van der Waals surface area (Å²) in [6.07, 6.45) is 3.05. The van der Waals surface area contributed by atoms with Crippen LogP contribution in [0.2, 0.25) is 0 Å². The minimum atomic E-state index is -3.86. The summed E-state index contributed by atoms with van der Waals surface area (Å²) < 4.78 is 34.1. The fourth-order valence-corrected chi connectivity index (χ4v) is 5.86. The topological polar surface area (TPSA) is 119 Å². The van der Waals surface area contributed by atoms with Gasteiger partial charge in [-0.05, 0) is 55.5 Å². The van der Waals surface area contributed by atoms with Crippen molar-refractivity contribution in [3.05, 3.63) is 115 Å². The Morgan fingerprint density at radius 2 is 1.51 bits per heavy atom. The van der Waals surface area contributed by atoms with Crippen LogP contribution in [0.3, 0.4) is 0 Å². The predicted molar refractivity (Wildman–Crippen MR) is 158 cm³/mol. The highest BCUT2D eigenvalue weighted by atomic mass is 32.2. The second kappa shape index (κ2) is 10.4. The first-order valence-corrected chi connectivity index (χ1v) is 14.2. The first-order valence-electron chi connectivity index (χ1n) is 12.8. The Balaban J connectivity index is 1.32. The van der Waals surface area contributed by atoms with Gasteiger partial charge < -0.3 is 15.1 Å². The molecule has 0 saturated carbocycles. The van der Waals surface area contributed by atoms with Gasteiger partial charge in [0.05, 0.1) is 4.90 Å². The van der Waals surface area contributed by atoms with E-state index in [9.17, 15) is 13.2 Å². The number of para-hydroxylation sites is 1. The number of nitrogens with one attached hydrogen (secondary N) is 2. The minimum absolute atomic E-state index is 0.176. The lowest BCUT2D eigenvalue weighted by atomic mass is 10.0. The normalized spacial score (nSPS) is 11.5. The molecule has 9 nitrogen and oxygen atoms in total. The van der Waals surface area contributed by atoms with Crippen molar-refractivity contribution < 1.29 is 17.6 Å². The largest absolute Gasteiger partial charge is 0.440 e. The van der Waals surface area contributed by atoms with Gasteiger partial charge in [0.1, 0.15) is 5.69 Å². The van der Waals surface area contributed by atoms with Gasteiger partial charge >= 0.3 is 6.03 Å². The van der Waals surface area contributed by atoms with Crippen LogP contribution in [0.15, 0.2) is 113 Å². The molecule has 0 aliphatic heterocycles. The average Bonchev–Trinajstić information content (AvgIpc) is 3.58. The van der Waals surface area contributed by atoms with Gasteiger partial charge in [0.15, 0.2) is 17.3 Å². The Hall–Kier alpha value is -5.22. The number of urea groups is 1. The highest BCUT2D eigenvalue weighted by molar-refractivity contribution is 7.90. The molecule has 0 aliphatic carbocycles. The van der Waals surface area contributed by atoms with Crippen LogP contribution < -0.4 is 10.6 Å². The van der Waals surface area contributed by atoms with Gasteiger partial charge in [0, 0.05) is 47.2 Å². The van der Waals surface area contributed by atoms with Gasteiger partial charge in [-0.15, -0.1) is 0 Å². The summed E-state index contributed by atoms with van der Waals surface area (Å²) in [5, 5.41) is 6.21. The van der Waals surface area contributed by atoms with Crippen molar-refractivity contribution in [3.8, 4) is 22.6 Å². The van der Waals surface area contributed by atoms with Crippen molar-refractivity contribution in [1.29, 1.82) is 0 Å². The van der Waals surface area contributed by atoms with E-state index in [0.717, 1.165) is 11.1 Å². The molecule has 0 bridgehead atoms. The lowest BCUT2D eigenvalue weighted by molar-refractivity contribution is 0.262. The number of hydrogen-bond donors (Lipinski definition) is 2. The predicted octanol–water partition coefficient (Wildman–Crippen LogP) is 6.86. The molecule has 2 N–H and O–H groups in total. The molecular formula is C31H25N5O4S. The molecule has 6 rings (SSSR count). The van der Waals surface area contributed by atoms with Gasteiger partial charge in [-0.2, -0.15) is 0 Å². The number of amides is 2. The van der Waals surface area contributed by atoms with Crippen LogP contribution in [0.25, 0.3) is 33.6 Å². The Labute approximate surface area is 236 Å². The number of hydrogen-bond acceptors (Lipinski definition) is 6. The molecule has 3 aromatic heterocycles. The van der Waals surface area contributed by atoms with Crippen molar-refractivity contribution in [1.82, 2.24) is 13.9 Å². The molecule has 3 heterocycles. The second-order valence-corrected chi connectivity index (χ2v) is 11.3. The quantitative estimate of drug-likeness (QED) is 0.229. The maximum atomic E-state index is 13.4. The number of carbonyl (C=O) groups is 1. The number of anilines is 2. The van der Waals surface area contributed by atoms with Gasteiger partial charge in [0.2, 0.25) is 0 Å². The number of benzene rings is 3. The monoisotopic (exact) mass is 563 g/mol. The molecule has 6 aromatic rings. The van der Waals surface area contributed by atoms with E-state index in [4.69, 9.17) is 4.42 Å². The van der Waals surface area contributed by atoms with Gasteiger partial charge in [-0.25, -0.2) is 27.2 Å². The summed E-state index contributed by atoms with van der Waals surface area (Å²) in [5.74, 6) is 0.944. The van der Waals surface area contributed by atoms with E-state index < -0.39 is 10.0 Å². The first-order chi connectivity index (χ1) is 19.8. The van der Waals surface area contributed by atoms with Crippen molar-refractivity contribution in [2.45, 2.75) is 18.7 Å². The standard InChI is InChI=1S/C31H25N5O4S/c1-20-8-14-25(15-9-20)41(38,39)36-19-17-27-26(16-18-32-30(27)36)29-28(33-21(2)40-29)22-10-12-24(13-11-22)35-31(37)34-23-6-4-3-5-7-23/h3-19H,1-2H3,(H2,34,35,37). The number of pyridine rings is 1. The summed E-state index contributed by atoms with van der Waals surface area (Å²) >= 11 is 0. The number of rotatable bonds is 6. The minimum Gasteiger partial charge on any atom is -0.440 e. The number of fused-ring (bicyclic) bond motifs is 1. The van der Waals surface area contributed by atoms with E-state index in [-0.39, 0.29) is 16.6 Å². The molecule has 41 heavy (non-hydrogen) atoms. The number of nitrogens with zero attached hydrogens (tertiary/aromatic N) is 3. The van der Waals surface area contributed by atoms with E-state index >= 15 is 0 Å². The third-order valence-electron chi connectivity index (χ3n) is 6.56. The summed E-state index contributed by atoms with van der Waals surface area (Å²) in [5.41, 5.74) is 4.56. The van der Waals surface area contributed by atoms with E-state index in [1.165, 1.54) is 10.2 Å². The first kappa shape index (κ1) is 26.0. The Kier molecular flexibility index (Phi) is 6.60. The Morgan fingerprint density at radius 1 is 0.829 bits per heavy atom. The molecule has 10 heteroatoms. The molecule has 0 spiro atoms. The zero-order valence-corrected chi connectivity index (χ0v) is 23.0. The van der Waals surface area contributed by atoms with Gasteiger partial charge in [-0.1, -0.05) is 48.0 Å². The van der Waals surface area contributed by atoms with E-state index in [2.05, 4.69) is 20.6 Å². The molecule has 0 saturated heterocycles. The molecular weight excluding hydrogens is 538 g/mol. The molecule has 0 unspecified atom stereocenters. The highest BCUT2D eigenvalue weighted by Gasteiger charge is 2.23. The Bertz CT molecular complexity index is 1980. The van der Waals surface area contributed by atoms with Crippen LogP contribution in [-0.2, 0) is 10.0 Å². The second-order valence-electron chi connectivity index (χ2n) is 9.46. The fourth-order valence-electron chi connectivity index (χ4n) is 4.56. The van der Waals surface area contributed by atoms with E-state index in [1.54, 1.807) is 73.8 Å². The van der Waals surface area contributed by atoms with Gasteiger partial charge in [0.25, 0.3) is 10.0 Å². The van der Waals surface area contributed by atoms with Crippen molar-refractivity contribution in [3.63, 3.8) is 0 Å². The van der Waals surface area contributed by atoms with Crippen LogP contribution in [0.5, 0.6) is 0 Å². The maximum absolute atomic E-state index is 13.4. The molecule has 0 atom stereocenters. The molecule has 204 valence electrons. The average molecular weight is 564 g/mol. The molecule has 0 aliphatic rings. The number of aromatic nitrogens is 3. The van der Waals surface area contributed by atoms with Crippen LogP contribution in [0.4, 0.5) is 16.2 Å². The molecule has 0 fully saturated rings. The molecule has 2 amide bonds. The third kappa shape index (κ3) is 5.08. The van der Waals surface area contributed by atoms with Crippen LogP contribution in [-0.4, -0.2) is 28.4 Å².